The van der Waals surface area contributed by atoms with E-state index < -0.39 is 11.9 Å². The van der Waals surface area contributed by atoms with Crippen molar-refractivity contribution in [2.75, 3.05) is 12.4 Å². The Labute approximate surface area is 148 Å². The van der Waals surface area contributed by atoms with Gasteiger partial charge in [0.1, 0.15) is 5.52 Å². The number of para-hydroxylation sites is 2. The molecule has 0 aliphatic rings. The SMILES string of the molecule is COC(=O)c1ccc(Cl)c(NC(=O)/C=C/c2nc3ccccc3o2)c1. The summed E-state index contributed by atoms with van der Waals surface area (Å²) in [6.07, 6.45) is 2.72. The van der Waals surface area contributed by atoms with E-state index in [1.807, 2.05) is 18.2 Å². The normalized spacial score (nSPS) is 11.0. The van der Waals surface area contributed by atoms with Gasteiger partial charge in [-0.1, -0.05) is 23.7 Å². The van der Waals surface area contributed by atoms with Crippen molar-refractivity contribution in [1.82, 2.24) is 4.98 Å². The van der Waals surface area contributed by atoms with Gasteiger partial charge in [-0.15, -0.1) is 0 Å². The molecule has 0 saturated heterocycles. The Balaban J connectivity index is 1.74. The van der Waals surface area contributed by atoms with E-state index in [0.717, 1.165) is 0 Å². The first kappa shape index (κ1) is 16.7. The number of hydrogen-bond acceptors (Lipinski definition) is 5. The molecule has 0 radical (unpaired) electrons. The molecule has 7 heteroatoms. The molecule has 25 heavy (non-hydrogen) atoms. The summed E-state index contributed by atoms with van der Waals surface area (Å²) in [6, 6.07) is 11.8. The summed E-state index contributed by atoms with van der Waals surface area (Å²) in [7, 11) is 1.28. The van der Waals surface area contributed by atoms with E-state index in [1.54, 1.807) is 6.07 Å². The predicted octanol–water partition coefficient (Wildman–Crippen LogP) is 3.92. The minimum absolute atomic E-state index is 0.283. The van der Waals surface area contributed by atoms with Gasteiger partial charge >= 0.3 is 5.97 Å². The van der Waals surface area contributed by atoms with Crippen LogP contribution in [-0.4, -0.2) is 24.0 Å². The van der Waals surface area contributed by atoms with Crippen LogP contribution in [0.5, 0.6) is 0 Å². The zero-order valence-electron chi connectivity index (χ0n) is 13.2. The number of nitrogens with zero attached hydrogens (tertiary/aromatic N) is 1. The molecular formula is C18H13ClN2O4. The van der Waals surface area contributed by atoms with E-state index >= 15 is 0 Å². The largest absolute Gasteiger partial charge is 0.465 e. The van der Waals surface area contributed by atoms with Crippen LogP contribution in [-0.2, 0) is 9.53 Å². The van der Waals surface area contributed by atoms with Gasteiger partial charge < -0.3 is 14.5 Å². The summed E-state index contributed by atoms with van der Waals surface area (Å²) in [5.74, 6) is -0.647. The Morgan fingerprint density at radius 3 is 2.80 bits per heavy atom. The number of methoxy groups -OCH3 is 1. The maximum atomic E-state index is 12.1. The Morgan fingerprint density at radius 1 is 1.24 bits per heavy atom. The second kappa shape index (κ2) is 7.19. The van der Waals surface area contributed by atoms with Crippen molar-refractivity contribution in [3.63, 3.8) is 0 Å². The van der Waals surface area contributed by atoms with Crippen LogP contribution in [0, 0.1) is 0 Å². The lowest BCUT2D eigenvalue weighted by Gasteiger charge is -2.07. The fourth-order valence-corrected chi connectivity index (χ4v) is 2.31. The third-order valence-electron chi connectivity index (χ3n) is 3.33. The Kier molecular flexibility index (Phi) is 4.81. The topological polar surface area (TPSA) is 81.4 Å². The zero-order valence-corrected chi connectivity index (χ0v) is 13.9. The number of fused-ring (bicyclic) bond motifs is 1. The van der Waals surface area contributed by atoms with Crippen molar-refractivity contribution >= 4 is 46.3 Å². The van der Waals surface area contributed by atoms with Crippen molar-refractivity contribution in [3.05, 3.63) is 65.0 Å². The Bertz CT molecular complexity index is 945. The number of halogens is 1. The molecule has 126 valence electrons. The summed E-state index contributed by atoms with van der Waals surface area (Å²) >= 11 is 6.04. The highest BCUT2D eigenvalue weighted by atomic mass is 35.5. The van der Waals surface area contributed by atoms with Gasteiger partial charge in [0.25, 0.3) is 0 Å². The van der Waals surface area contributed by atoms with Crippen LogP contribution in [0.3, 0.4) is 0 Å². The third kappa shape index (κ3) is 3.87. The first-order valence-corrected chi connectivity index (χ1v) is 7.67. The first-order chi connectivity index (χ1) is 12.1. The monoisotopic (exact) mass is 356 g/mol. The standard InChI is InChI=1S/C18H13ClN2O4/c1-24-18(23)11-6-7-12(19)14(10-11)20-16(22)8-9-17-21-13-4-2-3-5-15(13)25-17/h2-10H,1H3,(H,20,22)/b9-8+. The number of esters is 1. The molecule has 0 bridgehead atoms. The summed E-state index contributed by atoms with van der Waals surface area (Å²) < 4.78 is 10.1. The summed E-state index contributed by atoms with van der Waals surface area (Å²) in [5, 5.41) is 2.90. The van der Waals surface area contributed by atoms with E-state index in [1.165, 1.54) is 37.5 Å². The average Bonchev–Trinajstić information content (AvgIpc) is 3.04. The molecule has 1 aromatic heterocycles. The number of carbonyl (C=O) groups is 2. The molecule has 0 unspecified atom stereocenters. The maximum Gasteiger partial charge on any atom is 0.337 e. The van der Waals surface area contributed by atoms with Crippen molar-refractivity contribution in [2.45, 2.75) is 0 Å². The molecule has 0 fully saturated rings. The summed E-state index contributed by atoms with van der Waals surface area (Å²) in [6.45, 7) is 0. The van der Waals surface area contributed by atoms with Gasteiger partial charge in [0.05, 0.1) is 23.4 Å². The highest BCUT2D eigenvalue weighted by molar-refractivity contribution is 6.34. The minimum Gasteiger partial charge on any atom is -0.465 e. The van der Waals surface area contributed by atoms with Crippen LogP contribution in [0.1, 0.15) is 16.2 Å². The maximum absolute atomic E-state index is 12.1. The number of hydrogen-bond donors (Lipinski definition) is 1. The van der Waals surface area contributed by atoms with Gasteiger partial charge in [0.2, 0.25) is 11.8 Å². The molecule has 0 aliphatic carbocycles. The van der Waals surface area contributed by atoms with Gasteiger partial charge in [-0.25, -0.2) is 9.78 Å². The van der Waals surface area contributed by atoms with Gasteiger partial charge in [0.15, 0.2) is 5.58 Å². The van der Waals surface area contributed by atoms with Crippen LogP contribution in [0.4, 0.5) is 5.69 Å². The molecular weight excluding hydrogens is 344 g/mol. The molecule has 0 saturated carbocycles. The average molecular weight is 357 g/mol. The minimum atomic E-state index is -0.519. The predicted molar refractivity (Wildman–Crippen MR) is 94.5 cm³/mol. The molecule has 1 amide bonds. The smallest absolute Gasteiger partial charge is 0.337 e. The highest BCUT2D eigenvalue weighted by Gasteiger charge is 2.10. The molecule has 0 spiro atoms. The van der Waals surface area contributed by atoms with Gasteiger partial charge in [-0.05, 0) is 30.3 Å². The van der Waals surface area contributed by atoms with E-state index in [2.05, 4.69) is 15.0 Å². The molecule has 0 aliphatic heterocycles. The number of aromatic nitrogens is 1. The molecule has 1 N–H and O–H groups in total. The Morgan fingerprint density at radius 2 is 2.04 bits per heavy atom. The van der Waals surface area contributed by atoms with E-state index in [4.69, 9.17) is 16.0 Å². The van der Waals surface area contributed by atoms with Crippen molar-refractivity contribution in [2.24, 2.45) is 0 Å². The second-order valence-electron chi connectivity index (χ2n) is 5.03. The van der Waals surface area contributed by atoms with Crippen LogP contribution in [0.25, 0.3) is 17.2 Å². The number of carbonyl (C=O) groups excluding carboxylic acids is 2. The van der Waals surface area contributed by atoms with Gasteiger partial charge in [-0.2, -0.15) is 0 Å². The van der Waals surface area contributed by atoms with E-state index in [9.17, 15) is 9.59 Å². The Hall–Kier alpha value is -3.12. The number of anilines is 1. The van der Waals surface area contributed by atoms with Crippen LogP contribution >= 0.6 is 11.6 Å². The summed E-state index contributed by atoms with van der Waals surface area (Å²) in [4.78, 5) is 27.8. The molecule has 1 heterocycles. The number of amides is 1. The number of nitrogens with one attached hydrogen (secondary N) is 1. The highest BCUT2D eigenvalue weighted by Crippen LogP contribution is 2.23. The van der Waals surface area contributed by atoms with Crippen molar-refractivity contribution in [3.8, 4) is 0 Å². The second-order valence-corrected chi connectivity index (χ2v) is 5.44. The molecule has 6 nitrogen and oxygen atoms in total. The van der Waals surface area contributed by atoms with Gasteiger partial charge in [-0.3, -0.25) is 4.79 Å². The summed E-state index contributed by atoms with van der Waals surface area (Å²) in [5.41, 5.74) is 1.93. The lowest BCUT2D eigenvalue weighted by molar-refractivity contribution is -0.111. The molecule has 3 aromatic rings. The van der Waals surface area contributed by atoms with Crippen LogP contribution in [0.2, 0.25) is 5.02 Å². The van der Waals surface area contributed by atoms with E-state index in [-0.39, 0.29) is 5.56 Å². The molecule has 3 rings (SSSR count). The van der Waals surface area contributed by atoms with E-state index in [0.29, 0.717) is 27.7 Å². The van der Waals surface area contributed by atoms with Crippen LogP contribution < -0.4 is 5.32 Å². The molecule has 0 atom stereocenters. The van der Waals surface area contributed by atoms with Crippen molar-refractivity contribution in [1.29, 1.82) is 0 Å². The lowest BCUT2D eigenvalue weighted by atomic mass is 10.2. The lowest BCUT2D eigenvalue weighted by Crippen LogP contribution is -2.09. The number of benzene rings is 2. The quantitative estimate of drug-likeness (QED) is 0.566. The third-order valence-corrected chi connectivity index (χ3v) is 3.66. The van der Waals surface area contributed by atoms with Crippen molar-refractivity contribution < 1.29 is 18.7 Å². The number of ether oxygens (including phenoxy) is 1. The fourth-order valence-electron chi connectivity index (χ4n) is 2.15. The fraction of sp³-hybridized carbons (Fsp3) is 0.0556. The number of rotatable bonds is 4. The zero-order chi connectivity index (χ0) is 17.8. The first-order valence-electron chi connectivity index (χ1n) is 7.29. The van der Waals surface area contributed by atoms with Crippen LogP contribution in [0.15, 0.2) is 53.0 Å². The molecule has 2 aromatic carbocycles. The number of oxazole rings is 1. The van der Waals surface area contributed by atoms with Gasteiger partial charge in [0, 0.05) is 12.2 Å².